The lowest BCUT2D eigenvalue weighted by atomic mass is 10.1. The fourth-order valence-corrected chi connectivity index (χ4v) is 4.25. The molecule has 0 radical (unpaired) electrons. The van der Waals surface area contributed by atoms with Crippen LogP contribution in [0.4, 0.5) is 0 Å². The third-order valence-corrected chi connectivity index (χ3v) is 5.77. The molecule has 0 N–H and O–H groups in total. The van der Waals surface area contributed by atoms with Crippen LogP contribution < -0.4 is 19.8 Å². The Bertz CT molecular complexity index is 1320. The van der Waals surface area contributed by atoms with E-state index in [2.05, 4.69) is 10.2 Å². The number of rotatable bonds is 10. The van der Waals surface area contributed by atoms with Crippen LogP contribution in [0.5, 0.6) is 17.2 Å². The molecule has 0 unspecified atom stereocenters. The lowest BCUT2D eigenvalue weighted by Gasteiger charge is -2.16. The molecule has 0 saturated carbocycles. The quantitative estimate of drug-likeness (QED) is 0.210. The van der Waals surface area contributed by atoms with Gasteiger partial charge in [-0.3, -0.25) is 0 Å². The van der Waals surface area contributed by atoms with Gasteiger partial charge in [-0.2, -0.15) is 0 Å². The number of fused-ring (bicyclic) bond motifs is 1. The van der Waals surface area contributed by atoms with Gasteiger partial charge >= 0.3 is 5.63 Å². The van der Waals surface area contributed by atoms with Crippen molar-refractivity contribution in [2.45, 2.75) is 38.7 Å². The van der Waals surface area contributed by atoms with E-state index in [1.54, 1.807) is 12.1 Å². The van der Waals surface area contributed by atoms with Gasteiger partial charge in [-0.1, -0.05) is 23.9 Å². The zero-order valence-corrected chi connectivity index (χ0v) is 20.4. The first-order valence-corrected chi connectivity index (χ1v) is 12.1. The lowest BCUT2D eigenvalue weighted by Crippen LogP contribution is -2.03. The van der Waals surface area contributed by atoms with Crippen molar-refractivity contribution in [2.24, 2.45) is 0 Å². The molecule has 4 rings (SSSR count). The summed E-state index contributed by atoms with van der Waals surface area (Å²) >= 11 is 1.35. The summed E-state index contributed by atoms with van der Waals surface area (Å²) in [6.07, 6.45) is 0. The first-order valence-electron chi connectivity index (χ1n) is 11.1. The van der Waals surface area contributed by atoms with Crippen LogP contribution in [0.15, 0.2) is 55.2 Å². The van der Waals surface area contributed by atoms with Gasteiger partial charge in [0.25, 0.3) is 5.22 Å². The van der Waals surface area contributed by atoms with E-state index in [0.29, 0.717) is 65.1 Å². The predicted molar refractivity (Wildman–Crippen MR) is 130 cm³/mol. The Hall–Kier alpha value is -3.46. The number of aromatic nitrogens is 2. The van der Waals surface area contributed by atoms with Crippen LogP contribution in [-0.4, -0.2) is 30.0 Å². The van der Waals surface area contributed by atoms with Gasteiger partial charge in [-0.25, -0.2) is 4.79 Å². The molecule has 0 bridgehead atoms. The third-order valence-electron chi connectivity index (χ3n) is 4.90. The van der Waals surface area contributed by atoms with E-state index in [1.165, 1.54) is 17.8 Å². The Morgan fingerprint density at radius 1 is 0.882 bits per heavy atom. The summed E-state index contributed by atoms with van der Waals surface area (Å²) in [7, 11) is 0. The highest BCUT2D eigenvalue weighted by Gasteiger charge is 2.19. The van der Waals surface area contributed by atoms with Crippen molar-refractivity contribution in [2.75, 3.05) is 19.8 Å². The van der Waals surface area contributed by atoms with E-state index in [-0.39, 0.29) is 5.63 Å². The predicted octanol–water partition coefficient (Wildman–Crippen LogP) is 5.64. The zero-order chi connectivity index (χ0) is 24.1. The van der Waals surface area contributed by atoms with Gasteiger partial charge in [-0.05, 0) is 57.0 Å². The molecule has 0 fully saturated rings. The molecule has 0 aliphatic rings. The second kappa shape index (κ2) is 10.6. The van der Waals surface area contributed by atoms with Crippen molar-refractivity contribution >= 4 is 22.7 Å². The first-order chi connectivity index (χ1) is 16.5. The zero-order valence-electron chi connectivity index (χ0n) is 19.5. The summed E-state index contributed by atoms with van der Waals surface area (Å²) < 4.78 is 28.5. The van der Waals surface area contributed by atoms with Crippen LogP contribution in [0.1, 0.15) is 31.9 Å². The number of hydrogen-bond acceptors (Lipinski definition) is 9. The van der Waals surface area contributed by atoms with Crippen LogP contribution in [-0.2, 0) is 5.75 Å². The van der Waals surface area contributed by atoms with E-state index in [0.717, 1.165) is 16.5 Å². The molecule has 4 aromatic rings. The Balaban J connectivity index is 1.60. The first kappa shape index (κ1) is 23.7. The van der Waals surface area contributed by atoms with Crippen LogP contribution in [0.3, 0.4) is 0 Å². The highest BCUT2D eigenvalue weighted by molar-refractivity contribution is 7.98. The van der Waals surface area contributed by atoms with Crippen LogP contribution in [0.25, 0.3) is 22.4 Å². The minimum Gasteiger partial charge on any atom is -0.490 e. The van der Waals surface area contributed by atoms with Crippen LogP contribution in [0, 0.1) is 6.92 Å². The molecule has 0 amide bonds. The molecule has 0 atom stereocenters. The molecule has 0 aliphatic heterocycles. The highest BCUT2D eigenvalue weighted by atomic mass is 32.2. The summed E-state index contributed by atoms with van der Waals surface area (Å²) in [5.74, 6) is 2.46. The lowest BCUT2D eigenvalue weighted by molar-refractivity contribution is 0.261. The monoisotopic (exact) mass is 482 g/mol. The van der Waals surface area contributed by atoms with Crippen molar-refractivity contribution in [1.29, 1.82) is 0 Å². The molecular formula is C25H26N2O6S. The Morgan fingerprint density at radius 3 is 2.26 bits per heavy atom. The van der Waals surface area contributed by atoms with Crippen molar-refractivity contribution in [3.63, 3.8) is 0 Å². The summed E-state index contributed by atoms with van der Waals surface area (Å²) in [4.78, 5) is 12.0. The second-order valence-electron chi connectivity index (χ2n) is 7.35. The summed E-state index contributed by atoms with van der Waals surface area (Å²) in [5, 5.41) is 9.63. The third kappa shape index (κ3) is 5.20. The van der Waals surface area contributed by atoms with Crippen molar-refractivity contribution in [3.8, 4) is 28.7 Å². The van der Waals surface area contributed by atoms with Crippen molar-refractivity contribution < 1.29 is 23.0 Å². The molecule has 0 aliphatic carbocycles. The van der Waals surface area contributed by atoms with Crippen LogP contribution >= 0.6 is 11.8 Å². The van der Waals surface area contributed by atoms with Gasteiger partial charge in [0.05, 0.1) is 19.8 Å². The minimum absolute atomic E-state index is 0.334. The van der Waals surface area contributed by atoms with Gasteiger partial charge in [0.1, 0.15) is 5.58 Å². The topological polar surface area (TPSA) is 96.8 Å². The van der Waals surface area contributed by atoms with E-state index < -0.39 is 0 Å². The maximum atomic E-state index is 12.0. The van der Waals surface area contributed by atoms with Crippen LogP contribution in [0.2, 0.25) is 0 Å². The molecule has 9 heteroatoms. The average Bonchev–Trinajstić information content (AvgIpc) is 3.28. The second-order valence-corrected chi connectivity index (χ2v) is 8.28. The maximum absolute atomic E-state index is 12.0. The van der Waals surface area contributed by atoms with Gasteiger partial charge in [0, 0.05) is 22.8 Å². The molecule has 2 aromatic heterocycles. The standard InChI is InChI=1S/C25H26N2O6S/c1-5-29-20-11-16(12-21(30-6-2)23(20)31-7-3)24-26-27-25(33-24)34-14-17-13-22(28)32-19-10-15(4)8-9-18(17)19/h8-13H,5-7,14H2,1-4H3. The number of nitrogens with zero attached hydrogens (tertiary/aromatic N) is 2. The molecule has 0 saturated heterocycles. The number of thioether (sulfide) groups is 1. The average molecular weight is 483 g/mol. The summed E-state index contributed by atoms with van der Waals surface area (Å²) in [6, 6.07) is 10.9. The Labute approximate surface area is 201 Å². The van der Waals surface area contributed by atoms with E-state index >= 15 is 0 Å². The Morgan fingerprint density at radius 2 is 1.59 bits per heavy atom. The van der Waals surface area contributed by atoms with E-state index in [1.807, 2.05) is 45.9 Å². The fourth-order valence-electron chi connectivity index (χ4n) is 3.49. The van der Waals surface area contributed by atoms with E-state index in [4.69, 9.17) is 23.0 Å². The molecule has 178 valence electrons. The summed E-state index contributed by atoms with van der Waals surface area (Å²) in [6.45, 7) is 9.08. The molecular weight excluding hydrogens is 456 g/mol. The SMILES string of the molecule is CCOc1cc(-c2nnc(SCc3cc(=O)oc4cc(C)ccc34)o2)cc(OCC)c1OCC. The minimum atomic E-state index is -0.388. The number of benzene rings is 2. The number of aryl methyl sites for hydroxylation is 1. The van der Waals surface area contributed by atoms with Crippen molar-refractivity contribution in [1.82, 2.24) is 10.2 Å². The van der Waals surface area contributed by atoms with Gasteiger partial charge in [0.15, 0.2) is 11.5 Å². The fraction of sp³-hybridized carbons (Fsp3) is 0.320. The number of hydrogen-bond donors (Lipinski definition) is 0. The van der Waals surface area contributed by atoms with Gasteiger partial charge in [-0.15, -0.1) is 10.2 Å². The summed E-state index contributed by atoms with van der Waals surface area (Å²) in [5.41, 5.74) is 2.71. The normalized spacial score (nSPS) is 11.1. The molecule has 2 aromatic carbocycles. The highest BCUT2D eigenvalue weighted by Crippen LogP contribution is 2.42. The van der Waals surface area contributed by atoms with Gasteiger partial charge < -0.3 is 23.0 Å². The number of ether oxygens (including phenoxy) is 3. The molecule has 0 spiro atoms. The molecule has 8 nitrogen and oxygen atoms in total. The van der Waals surface area contributed by atoms with Crippen molar-refractivity contribution in [3.05, 3.63) is 57.9 Å². The largest absolute Gasteiger partial charge is 0.490 e. The van der Waals surface area contributed by atoms with E-state index in [9.17, 15) is 4.79 Å². The Kier molecular flexibility index (Phi) is 7.42. The molecule has 2 heterocycles. The molecule has 34 heavy (non-hydrogen) atoms. The smallest absolute Gasteiger partial charge is 0.336 e. The maximum Gasteiger partial charge on any atom is 0.336 e. The van der Waals surface area contributed by atoms with Gasteiger partial charge in [0.2, 0.25) is 11.6 Å².